The first-order valence-corrected chi connectivity index (χ1v) is 5.08. The maximum absolute atomic E-state index is 11.7. The van der Waals surface area contributed by atoms with E-state index in [0.29, 0.717) is 17.1 Å². The summed E-state index contributed by atoms with van der Waals surface area (Å²) in [4.78, 5) is 11.7. The van der Waals surface area contributed by atoms with E-state index in [-0.39, 0.29) is 5.91 Å². The molecule has 0 atom stereocenters. The standard InChI is InChI=1S/C12H14ClNO/c1-8-5-4-6-11(10(8)3)12(15)14-7-9(2)13/h4-6H,2,7H2,1,3H3,(H,14,15). The molecule has 0 saturated heterocycles. The highest BCUT2D eigenvalue weighted by molar-refractivity contribution is 6.29. The first kappa shape index (κ1) is 11.8. The van der Waals surface area contributed by atoms with E-state index in [9.17, 15) is 4.79 Å². The molecule has 0 aliphatic heterocycles. The number of hydrogen-bond donors (Lipinski definition) is 1. The van der Waals surface area contributed by atoms with Crippen LogP contribution in [0.4, 0.5) is 0 Å². The molecule has 0 aliphatic carbocycles. The van der Waals surface area contributed by atoms with E-state index in [2.05, 4.69) is 11.9 Å². The van der Waals surface area contributed by atoms with Gasteiger partial charge in [0.25, 0.3) is 5.91 Å². The predicted octanol–water partition coefficient (Wildman–Crippen LogP) is 2.79. The monoisotopic (exact) mass is 223 g/mol. The van der Waals surface area contributed by atoms with Crippen molar-refractivity contribution in [1.29, 1.82) is 0 Å². The van der Waals surface area contributed by atoms with E-state index in [1.807, 2.05) is 26.0 Å². The number of carbonyl (C=O) groups excluding carboxylic acids is 1. The molecule has 0 saturated carbocycles. The van der Waals surface area contributed by atoms with Crippen molar-refractivity contribution in [1.82, 2.24) is 5.32 Å². The van der Waals surface area contributed by atoms with Gasteiger partial charge in [0.15, 0.2) is 0 Å². The molecule has 1 N–H and O–H groups in total. The summed E-state index contributed by atoms with van der Waals surface area (Å²) in [5.41, 5.74) is 2.79. The average Bonchev–Trinajstić information content (AvgIpc) is 2.18. The van der Waals surface area contributed by atoms with Gasteiger partial charge in [-0.05, 0) is 31.0 Å². The molecule has 1 amide bonds. The van der Waals surface area contributed by atoms with Crippen molar-refractivity contribution in [2.45, 2.75) is 13.8 Å². The summed E-state index contributed by atoms with van der Waals surface area (Å²) in [5.74, 6) is -0.113. The summed E-state index contributed by atoms with van der Waals surface area (Å²) in [7, 11) is 0. The minimum Gasteiger partial charge on any atom is -0.347 e. The van der Waals surface area contributed by atoms with Gasteiger partial charge in [0, 0.05) is 10.6 Å². The van der Waals surface area contributed by atoms with E-state index in [4.69, 9.17) is 11.6 Å². The molecule has 1 rings (SSSR count). The Bertz CT molecular complexity index is 399. The lowest BCUT2D eigenvalue weighted by atomic mass is 10.0. The van der Waals surface area contributed by atoms with Crippen LogP contribution in [0.2, 0.25) is 0 Å². The van der Waals surface area contributed by atoms with Crippen LogP contribution in [0.5, 0.6) is 0 Å². The van der Waals surface area contributed by atoms with Gasteiger partial charge in [-0.2, -0.15) is 0 Å². The van der Waals surface area contributed by atoms with E-state index in [1.54, 1.807) is 6.07 Å². The Morgan fingerprint density at radius 3 is 2.73 bits per heavy atom. The van der Waals surface area contributed by atoms with Gasteiger partial charge in [0.1, 0.15) is 0 Å². The predicted molar refractivity (Wildman–Crippen MR) is 63.2 cm³/mol. The van der Waals surface area contributed by atoms with Crippen molar-refractivity contribution in [2.24, 2.45) is 0 Å². The van der Waals surface area contributed by atoms with Crippen LogP contribution in [0.25, 0.3) is 0 Å². The third kappa shape index (κ3) is 3.10. The highest BCUT2D eigenvalue weighted by atomic mass is 35.5. The molecule has 0 aliphatic rings. The maximum atomic E-state index is 11.7. The Kier molecular flexibility index (Phi) is 3.92. The molecule has 0 fully saturated rings. The largest absolute Gasteiger partial charge is 0.347 e. The number of halogens is 1. The molecular formula is C12H14ClNO. The molecule has 80 valence electrons. The number of rotatable bonds is 3. The number of amides is 1. The van der Waals surface area contributed by atoms with Crippen molar-refractivity contribution in [2.75, 3.05) is 6.54 Å². The van der Waals surface area contributed by atoms with Gasteiger partial charge in [0.05, 0.1) is 6.54 Å². The van der Waals surface area contributed by atoms with Crippen molar-refractivity contribution < 1.29 is 4.79 Å². The molecule has 3 heteroatoms. The highest BCUT2D eigenvalue weighted by Crippen LogP contribution is 2.12. The fourth-order valence-corrected chi connectivity index (χ4v) is 1.34. The fraction of sp³-hybridized carbons (Fsp3) is 0.250. The highest BCUT2D eigenvalue weighted by Gasteiger charge is 2.09. The van der Waals surface area contributed by atoms with E-state index >= 15 is 0 Å². The average molecular weight is 224 g/mol. The van der Waals surface area contributed by atoms with Crippen molar-refractivity contribution >= 4 is 17.5 Å². The lowest BCUT2D eigenvalue weighted by Crippen LogP contribution is -2.25. The van der Waals surface area contributed by atoms with Crippen LogP contribution < -0.4 is 5.32 Å². The second-order valence-corrected chi connectivity index (χ2v) is 3.98. The molecule has 0 aromatic heterocycles. The van der Waals surface area contributed by atoms with Gasteiger partial charge in [-0.1, -0.05) is 30.3 Å². The van der Waals surface area contributed by atoms with Gasteiger partial charge < -0.3 is 5.32 Å². The van der Waals surface area contributed by atoms with Gasteiger partial charge in [-0.3, -0.25) is 4.79 Å². The zero-order chi connectivity index (χ0) is 11.4. The Balaban J connectivity index is 2.82. The van der Waals surface area contributed by atoms with Crippen molar-refractivity contribution in [3.05, 3.63) is 46.5 Å². The first-order chi connectivity index (χ1) is 7.02. The third-order valence-electron chi connectivity index (χ3n) is 2.29. The summed E-state index contributed by atoms with van der Waals surface area (Å²) in [6.07, 6.45) is 0. The van der Waals surface area contributed by atoms with Crippen LogP contribution in [0.15, 0.2) is 29.8 Å². The normalized spacial score (nSPS) is 9.80. The Hall–Kier alpha value is -1.28. The van der Waals surface area contributed by atoms with E-state index in [1.165, 1.54) is 0 Å². The lowest BCUT2D eigenvalue weighted by molar-refractivity contribution is 0.0957. The van der Waals surface area contributed by atoms with Crippen LogP contribution in [-0.2, 0) is 0 Å². The summed E-state index contributed by atoms with van der Waals surface area (Å²) >= 11 is 5.57. The second kappa shape index (κ2) is 4.99. The van der Waals surface area contributed by atoms with Crippen LogP contribution in [0.1, 0.15) is 21.5 Å². The maximum Gasteiger partial charge on any atom is 0.251 e. The van der Waals surface area contributed by atoms with E-state index < -0.39 is 0 Å². The Morgan fingerprint density at radius 2 is 2.13 bits per heavy atom. The molecule has 15 heavy (non-hydrogen) atoms. The number of benzene rings is 1. The zero-order valence-electron chi connectivity index (χ0n) is 8.93. The minimum absolute atomic E-state index is 0.113. The number of hydrogen-bond acceptors (Lipinski definition) is 1. The summed E-state index contributed by atoms with van der Waals surface area (Å²) in [5, 5.41) is 3.12. The smallest absolute Gasteiger partial charge is 0.251 e. The molecule has 1 aromatic carbocycles. The second-order valence-electron chi connectivity index (χ2n) is 3.45. The molecule has 1 aromatic rings. The molecule has 0 radical (unpaired) electrons. The Morgan fingerprint density at radius 1 is 1.47 bits per heavy atom. The molecule has 0 spiro atoms. The van der Waals surface area contributed by atoms with Crippen LogP contribution >= 0.6 is 11.6 Å². The summed E-state index contributed by atoms with van der Waals surface area (Å²) < 4.78 is 0. The van der Waals surface area contributed by atoms with Gasteiger partial charge in [-0.15, -0.1) is 0 Å². The topological polar surface area (TPSA) is 29.1 Å². The number of aryl methyl sites for hydroxylation is 1. The van der Waals surface area contributed by atoms with Gasteiger partial charge in [0.2, 0.25) is 0 Å². The SMILES string of the molecule is C=C(Cl)CNC(=O)c1cccc(C)c1C. The molecule has 0 bridgehead atoms. The quantitative estimate of drug-likeness (QED) is 0.839. The van der Waals surface area contributed by atoms with Crippen molar-refractivity contribution in [3.8, 4) is 0 Å². The molecule has 0 heterocycles. The zero-order valence-corrected chi connectivity index (χ0v) is 9.69. The first-order valence-electron chi connectivity index (χ1n) is 4.70. The molecule has 0 unspecified atom stereocenters. The minimum atomic E-state index is -0.113. The van der Waals surface area contributed by atoms with Crippen molar-refractivity contribution in [3.63, 3.8) is 0 Å². The van der Waals surface area contributed by atoms with Gasteiger partial charge in [-0.25, -0.2) is 0 Å². The number of nitrogens with one attached hydrogen (secondary N) is 1. The lowest BCUT2D eigenvalue weighted by Gasteiger charge is -2.08. The van der Waals surface area contributed by atoms with E-state index in [0.717, 1.165) is 11.1 Å². The summed E-state index contributed by atoms with van der Waals surface area (Å²) in [6, 6.07) is 5.65. The molecule has 2 nitrogen and oxygen atoms in total. The van der Waals surface area contributed by atoms with Crippen LogP contribution in [0.3, 0.4) is 0 Å². The molecular weight excluding hydrogens is 210 g/mol. The number of carbonyl (C=O) groups is 1. The fourth-order valence-electron chi connectivity index (χ4n) is 1.27. The summed E-state index contributed by atoms with van der Waals surface area (Å²) in [6.45, 7) is 7.72. The van der Waals surface area contributed by atoms with Gasteiger partial charge >= 0.3 is 0 Å². The van der Waals surface area contributed by atoms with Crippen LogP contribution in [0, 0.1) is 13.8 Å². The van der Waals surface area contributed by atoms with Crippen LogP contribution in [-0.4, -0.2) is 12.5 Å². The Labute approximate surface area is 94.9 Å². The third-order valence-corrected chi connectivity index (χ3v) is 2.42.